The van der Waals surface area contributed by atoms with Crippen molar-refractivity contribution in [3.63, 3.8) is 0 Å². The molecule has 18 heavy (non-hydrogen) atoms. The second-order valence-electron chi connectivity index (χ2n) is 3.34. The van der Waals surface area contributed by atoms with E-state index in [1.54, 1.807) is 0 Å². The number of hydrogen-bond donors (Lipinski definition) is 2. The third-order valence-electron chi connectivity index (χ3n) is 2.06. The molecule has 0 saturated carbocycles. The molecule has 0 aliphatic heterocycles. The van der Waals surface area contributed by atoms with Gasteiger partial charge in [-0.3, -0.25) is 0 Å². The molecule has 0 aliphatic rings. The number of aromatic carboxylic acids is 1. The molecule has 0 fully saturated rings. The summed E-state index contributed by atoms with van der Waals surface area (Å²) in [6, 6.07) is 5.83. The monoisotopic (exact) mass is 419 g/mol. The molecule has 5 nitrogen and oxygen atoms in total. The average molecular weight is 420 g/mol. The second kappa shape index (κ2) is 5.61. The molecule has 0 saturated heterocycles. The fourth-order valence-corrected chi connectivity index (χ4v) is 2.07. The lowest BCUT2D eigenvalue weighted by molar-refractivity contribution is 0.0690. The van der Waals surface area contributed by atoms with Gasteiger partial charge in [0.2, 0.25) is 0 Å². The van der Waals surface area contributed by atoms with E-state index in [0.717, 1.165) is 13.7 Å². The summed E-state index contributed by atoms with van der Waals surface area (Å²) >= 11 is 5.62. The van der Waals surface area contributed by atoms with E-state index in [1.807, 2.05) is 18.2 Å². The maximum Gasteiger partial charge on any atom is 0.356 e. The fraction of sp³-hybridized carbons (Fsp3) is 0. The van der Waals surface area contributed by atoms with E-state index in [9.17, 15) is 4.79 Å². The minimum atomic E-state index is -1.09. The van der Waals surface area contributed by atoms with Crippen molar-refractivity contribution in [2.45, 2.75) is 0 Å². The number of benzene rings is 1. The third kappa shape index (κ3) is 3.16. The highest BCUT2D eigenvalue weighted by molar-refractivity contribution is 14.1. The van der Waals surface area contributed by atoms with Gasteiger partial charge in [-0.2, -0.15) is 0 Å². The van der Waals surface area contributed by atoms with E-state index in [0.29, 0.717) is 5.82 Å². The molecule has 0 amide bonds. The first kappa shape index (κ1) is 13.2. The zero-order chi connectivity index (χ0) is 13.1. The molecular formula is C11H7BrIN3O2. The van der Waals surface area contributed by atoms with Gasteiger partial charge in [-0.15, -0.1) is 0 Å². The molecule has 1 aromatic carbocycles. The summed E-state index contributed by atoms with van der Waals surface area (Å²) in [6.45, 7) is 0. The van der Waals surface area contributed by atoms with Crippen LogP contribution in [0.4, 0.5) is 11.5 Å². The van der Waals surface area contributed by atoms with Crippen LogP contribution in [0.2, 0.25) is 0 Å². The number of carboxylic acid groups (broad SMARTS) is 1. The Hall–Kier alpha value is -1.22. The molecule has 0 radical (unpaired) electrons. The summed E-state index contributed by atoms with van der Waals surface area (Å²) in [5.41, 5.74) is 0.765. The second-order valence-corrected chi connectivity index (χ2v) is 5.44. The number of carboxylic acids is 1. The molecule has 92 valence electrons. The van der Waals surface area contributed by atoms with Crippen LogP contribution in [-0.2, 0) is 0 Å². The zero-order valence-electron chi connectivity index (χ0n) is 8.89. The van der Waals surface area contributed by atoms with Crippen LogP contribution in [-0.4, -0.2) is 21.0 Å². The fourth-order valence-electron chi connectivity index (χ4n) is 1.23. The molecule has 1 heterocycles. The SMILES string of the molecule is O=C(O)c1cnc(Nc2cc(I)ccc2Br)cn1. The summed E-state index contributed by atoms with van der Waals surface area (Å²) in [5, 5.41) is 11.8. The maximum atomic E-state index is 10.6. The molecule has 7 heteroatoms. The lowest BCUT2D eigenvalue weighted by Crippen LogP contribution is -2.03. The van der Waals surface area contributed by atoms with Crippen molar-refractivity contribution in [3.8, 4) is 0 Å². The van der Waals surface area contributed by atoms with E-state index < -0.39 is 5.97 Å². The number of hydrogen-bond acceptors (Lipinski definition) is 4. The van der Waals surface area contributed by atoms with Crippen LogP contribution in [0.25, 0.3) is 0 Å². The number of anilines is 2. The van der Waals surface area contributed by atoms with Crippen LogP contribution in [0, 0.1) is 3.57 Å². The van der Waals surface area contributed by atoms with Crippen molar-refractivity contribution in [1.82, 2.24) is 9.97 Å². The summed E-state index contributed by atoms with van der Waals surface area (Å²) in [5.74, 6) is -0.604. The molecule has 0 spiro atoms. The molecule has 2 N–H and O–H groups in total. The first-order valence-electron chi connectivity index (χ1n) is 4.83. The van der Waals surface area contributed by atoms with Crippen LogP contribution < -0.4 is 5.32 Å². The third-order valence-corrected chi connectivity index (χ3v) is 3.42. The Labute approximate surface area is 125 Å². The smallest absolute Gasteiger partial charge is 0.356 e. The molecule has 0 unspecified atom stereocenters. The number of nitrogens with zero attached hydrogens (tertiary/aromatic N) is 2. The normalized spacial score (nSPS) is 10.1. The highest BCUT2D eigenvalue weighted by Crippen LogP contribution is 2.26. The highest BCUT2D eigenvalue weighted by atomic mass is 127. The van der Waals surface area contributed by atoms with Gasteiger partial charge in [0.1, 0.15) is 5.82 Å². The van der Waals surface area contributed by atoms with Gasteiger partial charge in [0, 0.05) is 8.04 Å². The van der Waals surface area contributed by atoms with Gasteiger partial charge in [0.25, 0.3) is 0 Å². The van der Waals surface area contributed by atoms with Gasteiger partial charge in [-0.1, -0.05) is 0 Å². The molecule has 1 aromatic heterocycles. The van der Waals surface area contributed by atoms with Crippen LogP contribution >= 0.6 is 38.5 Å². The lowest BCUT2D eigenvalue weighted by Gasteiger charge is -2.07. The zero-order valence-corrected chi connectivity index (χ0v) is 12.6. The molecule has 0 bridgehead atoms. The Balaban J connectivity index is 2.23. The minimum Gasteiger partial charge on any atom is -0.476 e. The Bertz CT molecular complexity index is 589. The van der Waals surface area contributed by atoms with Gasteiger partial charge in [-0.05, 0) is 56.7 Å². The van der Waals surface area contributed by atoms with Crippen LogP contribution in [0.3, 0.4) is 0 Å². The number of aromatic nitrogens is 2. The van der Waals surface area contributed by atoms with Gasteiger partial charge < -0.3 is 10.4 Å². The molecule has 2 rings (SSSR count). The van der Waals surface area contributed by atoms with E-state index in [2.05, 4.69) is 53.8 Å². The Morgan fingerprint density at radius 2 is 2.11 bits per heavy atom. The summed E-state index contributed by atoms with van der Waals surface area (Å²) in [4.78, 5) is 18.4. The number of carbonyl (C=O) groups is 1. The van der Waals surface area contributed by atoms with E-state index in [1.165, 1.54) is 12.4 Å². The first-order valence-corrected chi connectivity index (χ1v) is 6.71. The molecule has 0 atom stereocenters. The van der Waals surface area contributed by atoms with Gasteiger partial charge >= 0.3 is 5.97 Å². The molecule has 2 aromatic rings. The highest BCUT2D eigenvalue weighted by Gasteiger charge is 2.06. The molecular weight excluding hydrogens is 413 g/mol. The van der Waals surface area contributed by atoms with Crippen LogP contribution in [0.1, 0.15) is 10.5 Å². The quantitative estimate of drug-likeness (QED) is 0.746. The number of halogens is 2. The van der Waals surface area contributed by atoms with E-state index >= 15 is 0 Å². The average Bonchev–Trinajstić information content (AvgIpc) is 2.34. The number of rotatable bonds is 3. The number of nitrogens with one attached hydrogen (secondary N) is 1. The van der Waals surface area contributed by atoms with E-state index in [4.69, 9.17) is 5.11 Å². The van der Waals surface area contributed by atoms with Crippen molar-refractivity contribution in [2.24, 2.45) is 0 Å². The van der Waals surface area contributed by atoms with Crippen molar-refractivity contribution < 1.29 is 9.90 Å². The van der Waals surface area contributed by atoms with Crippen LogP contribution in [0.5, 0.6) is 0 Å². The summed E-state index contributed by atoms with van der Waals surface area (Å²) in [7, 11) is 0. The lowest BCUT2D eigenvalue weighted by atomic mass is 10.3. The maximum absolute atomic E-state index is 10.6. The van der Waals surface area contributed by atoms with Crippen molar-refractivity contribution in [3.05, 3.63) is 44.3 Å². The van der Waals surface area contributed by atoms with Gasteiger partial charge in [0.05, 0.1) is 18.1 Å². The van der Waals surface area contributed by atoms with Crippen molar-refractivity contribution in [2.75, 3.05) is 5.32 Å². The van der Waals surface area contributed by atoms with E-state index in [-0.39, 0.29) is 5.69 Å². The minimum absolute atomic E-state index is 0.0812. The van der Waals surface area contributed by atoms with Gasteiger partial charge in [0.15, 0.2) is 5.69 Å². The Morgan fingerprint density at radius 1 is 1.33 bits per heavy atom. The topological polar surface area (TPSA) is 75.1 Å². The first-order chi connectivity index (χ1) is 8.56. The molecule has 0 aliphatic carbocycles. The Morgan fingerprint density at radius 3 is 2.72 bits per heavy atom. The standard InChI is InChI=1S/C11H7BrIN3O2/c12-7-2-1-6(13)3-8(7)16-10-5-14-9(4-15-10)11(17)18/h1-5H,(H,15,16)(H,17,18). The summed E-state index contributed by atoms with van der Waals surface area (Å²) < 4.78 is 1.97. The predicted molar refractivity (Wildman–Crippen MR) is 79.1 cm³/mol. The Kier molecular flexibility index (Phi) is 4.12. The van der Waals surface area contributed by atoms with Crippen molar-refractivity contribution >= 4 is 56.0 Å². The predicted octanol–water partition coefficient (Wildman–Crippen LogP) is 3.29. The van der Waals surface area contributed by atoms with Crippen LogP contribution in [0.15, 0.2) is 35.1 Å². The largest absolute Gasteiger partial charge is 0.476 e. The summed E-state index contributed by atoms with van der Waals surface area (Å²) in [6.07, 6.45) is 2.60. The van der Waals surface area contributed by atoms with Crippen molar-refractivity contribution in [1.29, 1.82) is 0 Å². The van der Waals surface area contributed by atoms with Gasteiger partial charge in [-0.25, -0.2) is 14.8 Å².